The lowest BCUT2D eigenvalue weighted by molar-refractivity contribution is -0.121. The number of nitrogens with zero attached hydrogens (tertiary/aromatic N) is 3. The molecule has 1 atom stereocenters. The number of aromatic nitrogens is 3. The lowest BCUT2D eigenvalue weighted by Gasteiger charge is -2.19. The molecule has 0 bridgehead atoms. The van der Waals surface area contributed by atoms with Crippen LogP contribution in [0.4, 0.5) is 4.39 Å². The average molecular weight is 625 g/mol. The third-order valence-electron chi connectivity index (χ3n) is 7.10. The summed E-state index contributed by atoms with van der Waals surface area (Å²) in [6.07, 6.45) is 3.20. The molecule has 0 saturated carbocycles. The number of carbonyl (C=O) groups is 2. The summed E-state index contributed by atoms with van der Waals surface area (Å²) >= 11 is 1.47. The van der Waals surface area contributed by atoms with Crippen molar-refractivity contribution in [2.75, 3.05) is 13.1 Å². The van der Waals surface area contributed by atoms with Crippen LogP contribution in [0.2, 0.25) is 0 Å². The zero-order valence-corrected chi connectivity index (χ0v) is 25.2. The van der Waals surface area contributed by atoms with Gasteiger partial charge in [0.05, 0.1) is 11.0 Å². The van der Waals surface area contributed by atoms with Crippen molar-refractivity contribution in [3.63, 3.8) is 0 Å². The normalized spacial score (nSPS) is 11.7. The fraction of sp³-hybridized carbons (Fsp3) is 0.182. The Labute approximate surface area is 264 Å². The highest BCUT2D eigenvalue weighted by Crippen LogP contribution is 2.34. The zero-order valence-electron chi connectivity index (χ0n) is 24.4. The number of nitrogens with two attached hydrogens (primary N) is 2. The molecule has 0 saturated heterocycles. The van der Waals surface area contributed by atoms with E-state index in [2.05, 4.69) is 15.6 Å². The highest BCUT2D eigenvalue weighted by atomic mass is 32.2. The van der Waals surface area contributed by atoms with Crippen LogP contribution in [0.5, 0.6) is 0 Å². The van der Waals surface area contributed by atoms with E-state index in [1.807, 2.05) is 47.0 Å². The number of nitrogens with one attached hydrogen (secondary N) is 3. The molecule has 2 heterocycles. The molecule has 45 heavy (non-hydrogen) atoms. The molecule has 230 valence electrons. The molecule has 10 nitrogen and oxygen atoms in total. The number of benzene rings is 3. The number of rotatable bonds is 13. The maximum absolute atomic E-state index is 13.5. The first-order valence-corrected chi connectivity index (χ1v) is 15.2. The van der Waals surface area contributed by atoms with Gasteiger partial charge in [0, 0.05) is 52.3 Å². The maximum Gasteiger partial charge on any atom is 0.251 e. The zero-order chi connectivity index (χ0) is 31.8. The number of pyridine rings is 1. The first-order valence-electron chi connectivity index (χ1n) is 14.4. The molecular weight excluding hydrogens is 591 g/mol. The van der Waals surface area contributed by atoms with Gasteiger partial charge in [-0.25, -0.2) is 9.37 Å². The summed E-state index contributed by atoms with van der Waals surface area (Å²) in [5.74, 6) is -0.725. The number of hydrogen-bond acceptors (Lipinski definition) is 6. The van der Waals surface area contributed by atoms with E-state index in [-0.39, 0.29) is 17.7 Å². The largest absolute Gasteiger partial charge is 0.370 e. The van der Waals surface area contributed by atoms with Gasteiger partial charge in [-0.1, -0.05) is 30.0 Å². The van der Waals surface area contributed by atoms with Crippen molar-refractivity contribution < 1.29 is 14.0 Å². The molecule has 0 fully saturated rings. The predicted molar refractivity (Wildman–Crippen MR) is 173 cm³/mol. The van der Waals surface area contributed by atoms with Gasteiger partial charge in [-0.15, -0.1) is 0 Å². The number of guanidine groups is 1. The van der Waals surface area contributed by atoms with Crippen LogP contribution in [0.15, 0.2) is 101 Å². The standard InChI is InChI=1S/C33H33FN8O2S/c34-23-10-12-25(13-11-23)45-26-7-3-5-21(19-26)31-41-27-20-22(32(44)39-18-15-24-6-1-2-16-38-24)9-14-28(27)42(31)29(30(35)43)8-4-17-40-33(36)37/h1-3,5-7,9-14,16,19-20,29H,4,8,15,17-18H2,(H2,35,43)(H,39,44)(H4,36,37,40). The molecule has 3 aromatic carbocycles. The topological polar surface area (TPSA) is 165 Å². The van der Waals surface area contributed by atoms with Crippen molar-refractivity contribution in [2.45, 2.75) is 35.1 Å². The minimum absolute atomic E-state index is 0.152. The molecule has 2 amide bonds. The molecule has 1 unspecified atom stereocenters. The highest BCUT2D eigenvalue weighted by molar-refractivity contribution is 7.99. The van der Waals surface area contributed by atoms with Gasteiger partial charge in [0.2, 0.25) is 5.91 Å². The Hall–Kier alpha value is -5.23. The number of imidazole rings is 1. The van der Waals surface area contributed by atoms with Crippen molar-refractivity contribution in [1.82, 2.24) is 25.2 Å². The number of amides is 2. The second-order valence-electron chi connectivity index (χ2n) is 10.3. The van der Waals surface area contributed by atoms with E-state index in [0.717, 1.165) is 21.0 Å². The second kappa shape index (κ2) is 14.5. The minimum Gasteiger partial charge on any atom is -0.370 e. The smallest absolute Gasteiger partial charge is 0.251 e. The summed E-state index contributed by atoms with van der Waals surface area (Å²) in [6, 6.07) is 24.0. The first kappa shape index (κ1) is 31.2. The van der Waals surface area contributed by atoms with Crippen LogP contribution in [0.1, 0.15) is 34.9 Å². The highest BCUT2D eigenvalue weighted by Gasteiger charge is 2.25. The maximum atomic E-state index is 13.5. The van der Waals surface area contributed by atoms with E-state index in [1.165, 1.54) is 23.9 Å². The number of primary amides is 1. The van der Waals surface area contributed by atoms with Gasteiger partial charge in [-0.2, -0.15) is 0 Å². The van der Waals surface area contributed by atoms with Gasteiger partial charge in [-0.05, 0) is 79.6 Å². The molecule has 0 radical (unpaired) electrons. The average Bonchev–Trinajstić information content (AvgIpc) is 3.41. The van der Waals surface area contributed by atoms with Crippen LogP contribution in [0, 0.1) is 11.2 Å². The summed E-state index contributed by atoms with van der Waals surface area (Å²) in [5.41, 5.74) is 14.6. The molecule has 7 N–H and O–H groups in total. The number of carbonyl (C=O) groups excluding carboxylic acids is 2. The lowest BCUT2D eigenvalue weighted by Crippen LogP contribution is -2.32. The predicted octanol–water partition coefficient (Wildman–Crippen LogP) is 4.65. The van der Waals surface area contributed by atoms with Gasteiger partial charge in [0.25, 0.3) is 5.91 Å². The fourth-order valence-corrected chi connectivity index (χ4v) is 5.84. The second-order valence-corrected chi connectivity index (χ2v) is 11.5. The SMILES string of the molecule is N=C(N)NCCCC(C(N)=O)n1c(-c2cccc(Sc3ccc(F)cc3)c2)nc2cc(C(=O)NCCc3ccccn3)ccc21. The van der Waals surface area contributed by atoms with Gasteiger partial charge < -0.3 is 26.7 Å². The molecule has 5 rings (SSSR count). The molecule has 0 aliphatic rings. The molecule has 5 aromatic rings. The van der Waals surface area contributed by atoms with Crippen molar-refractivity contribution >= 4 is 40.6 Å². The third kappa shape index (κ3) is 8.03. The van der Waals surface area contributed by atoms with E-state index in [4.69, 9.17) is 21.9 Å². The summed E-state index contributed by atoms with van der Waals surface area (Å²) in [5, 5.41) is 13.1. The van der Waals surface area contributed by atoms with Gasteiger partial charge >= 0.3 is 0 Å². The van der Waals surface area contributed by atoms with Crippen molar-refractivity contribution in [2.24, 2.45) is 11.5 Å². The summed E-state index contributed by atoms with van der Waals surface area (Å²) < 4.78 is 15.3. The quantitative estimate of drug-likeness (QED) is 0.0723. The first-order chi connectivity index (χ1) is 21.8. The Kier molecular flexibility index (Phi) is 10.1. The molecular formula is C33H33FN8O2S. The van der Waals surface area contributed by atoms with E-state index in [0.29, 0.717) is 54.8 Å². The van der Waals surface area contributed by atoms with Crippen LogP contribution in [-0.4, -0.2) is 45.4 Å². The number of hydrogen-bond donors (Lipinski definition) is 5. The minimum atomic E-state index is -0.759. The summed E-state index contributed by atoms with van der Waals surface area (Å²) in [7, 11) is 0. The Morgan fingerprint density at radius 1 is 0.933 bits per heavy atom. The van der Waals surface area contributed by atoms with Crippen molar-refractivity contribution in [1.29, 1.82) is 5.41 Å². The molecule has 2 aromatic heterocycles. The Morgan fingerprint density at radius 3 is 2.49 bits per heavy atom. The molecule has 0 aliphatic carbocycles. The van der Waals surface area contributed by atoms with Gasteiger partial charge in [0.1, 0.15) is 17.7 Å². The Morgan fingerprint density at radius 2 is 1.76 bits per heavy atom. The van der Waals surface area contributed by atoms with Gasteiger partial charge in [-0.3, -0.25) is 20.0 Å². The van der Waals surface area contributed by atoms with Crippen LogP contribution < -0.4 is 22.1 Å². The summed E-state index contributed by atoms with van der Waals surface area (Å²) in [6.45, 7) is 0.817. The lowest BCUT2D eigenvalue weighted by atomic mass is 10.1. The van der Waals surface area contributed by atoms with Crippen molar-refractivity contribution in [3.05, 3.63) is 108 Å². The van der Waals surface area contributed by atoms with E-state index >= 15 is 0 Å². The Balaban J connectivity index is 1.48. The van der Waals surface area contributed by atoms with Crippen LogP contribution in [0.3, 0.4) is 0 Å². The van der Waals surface area contributed by atoms with Crippen LogP contribution in [0.25, 0.3) is 22.4 Å². The van der Waals surface area contributed by atoms with Crippen LogP contribution in [-0.2, 0) is 11.2 Å². The Bertz CT molecular complexity index is 1810. The summed E-state index contributed by atoms with van der Waals surface area (Å²) in [4.78, 5) is 36.9. The van der Waals surface area contributed by atoms with E-state index < -0.39 is 11.9 Å². The monoisotopic (exact) mass is 624 g/mol. The molecule has 12 heteroatoms. The van der Waals surface area contributed by atoms with Gasteiger partial charge in [0.15, 0.2) is 5.96 Å². The number of halogens is 1. The molecule has 0 spiro atoms. The van der Waals surface area contributed by atoms with E-state index in [1.54, 1.807) is 36.5 Å². The van der Waals surface area contributed by atoms with E-state index in [9.17, 15) is 14.0 Å². The number of fused-ring (bicyclic) bond motifs is 1. The van der Waals surface area contributed by atoms with Crippen molar-refractivity contribution in [3.8, 4) is 11.4 Å². The van der Waals surface area contributed by atoms with Crippen LogP contribution >= 0.6 is 11.8 Å². The molecule has 0 aliphatic heterocycles. The third-order valence-corrected chi connectivity index (χ3v) is 8.09. The fourth-order valence-electron chi connectivity index (χ4n) is 4.97.